The van der Waals surface area contributed by atoms with Gasteiger partial charge in [0.1, 0.15) is 13.2 Å². The maximum atomic E-state index is 12.2. The van der Waals surface area contributed by atoms with Gasteiger partial charge < -0.3 is 24.6 Å². The number of hydrogen-bond donors (Lipinski definition) is 2. The highest BCUT2D eigenvalue weighted by atomic mass is 35.5. The molecule has 1 aromatic rings. The highest BCUT2D eigenvalue weighted by Gasteiger charge is 2.43. The van der Waals surface area contributed by atoms with Crippen molar-refractivity contribution in [3.63, 3.8) is 0 Å². The van der Waals surface area contributed by atoms with Gasteiger partial charge in [0.2, 0.25) is 5.91 Å². The molecule has 2 aliphatic heterocycles. The number of carbonyl (C=O) groups is 2. The molecule has 0 saturated carbocycles. The molecular weight excluding hydrogens is 326 g/mol. The summed E-state index contributed by atoms with van der Waals surface area (Å²) < 4.78 is 16.0. The molecule has 7 nitrogen and oxygen atoms in total. The standard InChI is InChI=1S/C15H16ClNO6/c16-10-5-9(6-11-13(10)23-4-3-22-11)7-12(18)17-15(14(19)20)1-2-21-8-15/h5-6H,1-4,7-8H2,(H,17,18)(H,19,20). The Labute approximate surface area is 137 Å². The SMILES string of the molecule is O=C(Cc1cc(Cl)c2c(c1)OCCO2)NC1(C(=O)O)CCOC1. The van der Waals surface area contributed by atoms with Crippen molar-refractivity contribution >= 4 is 23.5 Å². The zero-order chi connectivity index (χ0) is 16.4. The van der Waals surface area contributed by atoms with Crippen molar-refractivity contribution in [2.75, 3.05) is 26.4 Å². The number of amides is 1. The van der Waals surface area contributed by atoms with Gasteiger partial charge in [0.15, 0.2) is 17.0 Å². The minimum Gasteiger partial charge on any atom is -0.486 e. The van der Waals surface area contributed by atoms with E-state index in [9.17, 15) is 14.7 Å². The van der Waals surface area contributed by atoms with Gasteiger partial charge in [-0.05, 0) is 17.7 Å². The third-order valence-corrected chi connectivity index (χ3v) is 4.11. The molecule has 0 aliphatic carbocycles. The smallest absolute Gasteiger partial charge is 0.331 e. The summed E-state index contributed by atoms with van der Waals surface area (Å²) in [5, 5.41) is 12.3. The molecule has 1 atom stereocenters. The first-order valence-electron chi connectivity index (χ1n) is 7.20. The lowest BCUT2D eigenvalue weighted by molar-refractivity contribution is -0.147. The molecule has 0 radical (unpaired) electrons. The average Bonchev–Trinajstić information content (AvgIpc) is 2.97. The van der Waals surface area contributed by atoms with Crippen molar-refractivity contribution in [2.45, 2.75) is 18.4 Å². The maximum Gasteiger partial charge on any atom is 0.331 e. The first kappa shape index (κ1) is 15.9. The van der Waals surface area contributed by atoms with E-state index >= 15 is 0 Å². The molecule has 2 aliphatic rings. The summed E-state index contributed by atoms with van der Waals surface area (Å²) in [5.41, 5.74) is -0.731. The van der Waals surface area contributed by atoms with Crippen LogP contribution in [0.5, 0.6) is 11.5 Å². The van der Waals surface area contributed by atoms with Crippen LogP contribution < -0.4 is 14.8 Å². The number of halogens is 1. The average molecular weight is 342 g/mol. The van der Waals surface area contributed by atoms with Crippen molar-refractivity contribution in [1.82, 2.24) is 5.32 Å². The minimum atomic E-state index is -1.35. The van der Waals surface area contributed by atoms with Crippen molar-refractivity contribution < 1.29 is 28.9 Å². The Morgan fingerprint density at radius 3 is 2.74 bits per heavy atom. The molecule has 2 N–H and O–H groups in total. The fraction of sp³-hybridized carbons (Fsp3) is 0.467. The number of rotatable bonds is 4. The molecule has 1 amide bonds. The number of carboxylic acids is 1. The summed E-state index contributed by atoms with van der Waals surface area (Å²) in [6.07, 6.45) is 0.237. The number of fused-ring (bicyclic) bond motifs is 1. The normalized spacial score (nSPS) is 22.7. The Morgan fingerprint density at radius 1 is 1.26 bits per heavy atom. The lowest BCUT2D eigenvalue weighted by Crippen LogP contribution is -2.55. The van der Waals surface area contributed by atoms with Crippen molar-refractivity contribution in [1.29, 1.82) is 0 Å². The van der Waals surface area contributed by atoms with Gasteiger partial charge in [-0.3, -0.25) is 4.79 Å². The van der Waals surface area contributed by atoms with Crippen LogP contribution in [0.4, 0.5) is 0 Å². The van der Waals surface area contributed by atoms with E-state index in [1.54, 1.807) is 12.1 Å². The molecule has 23 heavy (non-hydrogen) atoms. The van der Waals surface area contributed by atoms with E-state index in [-0.39, 0.29) is 19.4 Å². The highest BCUT2D eigenvalue weighted by molar-refractivity contribution is 6.32. The van der Waals surface area contributed by atoms with E-state index in [4.69, 9.17) is 25.8 Å². The van der Waals surface area contributed by atoms with E-state index in [2.05, 4.69) is 5.32 Å². The van der Waals surface area contributed by atoms with Crippen LogP contribution in [0, 0.1) is 0 Å². The molecule has 1 unspecified atom stereocenters. The summed E-state index contributed by atoms with van der Waals surface area (Å²) in [7, 11) is 0. The fourth-order valence-electron chi connectivity index (χ4n) is 2.65. The predicted octanol–water partition coefficient (Wildman–Crippen LogP) is 1.01. The third kappa shape index (κ3) is 3.20. The number of nitrogens with one attached hydrogen (secondary N) is 1. The lowest BCUT2D eigenvalue weighted by atomic mass is 9.98. The molecule has 3 rings (SSSR count). The van der Waals surface area contributed by atoms with Crippen molar-refractivity contribution in [3.05, 3.63) is 22.7 Å². The summed E-state index contributed by atoms with van der Waals surface area (Å²) in [6, 6.07) is 3.30. The van der Waals surface area contributed by atoms with Crippen LogP contribution in [-0.4, -0.2) is 48.9 Å². The largest absolute Gasteiger partial charge is 0.486 e. The number of hydrogen-bond acceptors (Lipinski definition) is 5. The van der Waals surface area contributed by atoms with Gasteiger partial charge in [-0.1, -0.05) is 11.6 Å². The summed E-state index contributed by atoms with van der Waals surface area (Å²) in [4.78, 5) is 23.6. The Morgan fingerprint density at radius 2 is 2.04 bits per heavy atom. The van der Waals surface area contributed by atoms with Crippen LogP contribution in [0.2, 0.25) is 5.02 Å². The fourth-order valence-corrected chi connectivity index (χ4v) is 2.94. The zero-order valence-corrected chi connectivity index (χ0v) is 13.0. The molecule has 8 heteroatoms. The number of benzene rings is 1. The molecule has 1 fully saturated rings. The highest BCUT2D eigenvalue weighted by Crippen LogP contribution is 2.38. The van der Waals surface area contributed by atoms with Gasteiger partial charge in [0.05, 0.1) is 18.1 Å². The number of aliphatic carboxylic acids is 1. The molecular formula is C15H16ClNO6. The maximum absolute atomic E-state index is 12.2. The second-order valence-electron chi connectivity index (χ2n) is 5.52. The van der Waals surface area contributed by atoms with E-state index < -0.39 is 17.4 Å². The van der Waals surface area contributed by atoms with Crippen molar-refractivity contribution in [2.24, 2.45) is 0 Å². The van der Waals surface area contributed by atoms with E-state index in [0.717, 1.165) is 0 Å². The second kappa shape index (κ2) is 6.25. The third-order valence-electron chi connectivity index (χ3n) is 3.83. The van der Waals surface area contributed by atoms with Crippen LogP contribution in [-0.2, 0) is 20.7 Å². The molecule has 0 spiro atoms. The quantitative estimate of drug-likeness (QED) is 0.849. The molecule has 2 heterocycles. The summed E-state index contributed by atoms with van der Waals surface area (Å²) in [5.74, 6) is -0.550. The number of carbonyl (C=O) groups excluding carboxylic acids is 1. The minimum absolute atomic E-state index is 0.00854. The summed E-state index contributed by atoms with van der Waals surface area (Å²) in [6.45, 7) is 1.12. The Kier molecular flexibility index (Phi) is 4.32. The van der Waals surface area contributed by atoms with E-state index in [0.29, 0.717) is 41.9 Å². The number of carboxylic acid groups (broad SMARTS) is 1. The van der Waals surface area contributed by atoms with E-state index in [1.165, 1.54) is 0 Å². The van der Waals surface area contributed by atoms with Crippen LogP contribution in [0.1, 0.15) is 12.0 Å². The topological polar surface area (TPSA) is 94.1 Å². The molecule has 0 bridgehead atoms. The van der Waals surface area contributed by atoms with Crippen LogP contribution >= 0.6 is 11.6 Å². The summed E-state index contributed by atoms with van der Waals surface area (Å²) >= 11 is 6.13. The Balaban J connectivity index is 1.73. The first-order chi connectivity index (χ1) is 11.0. The van der Waals surface area contributed by atoms with Crippen LogP contribution in [0.25, 0.3) is 0 Å². The van der Waals surface area contributed by atoms with Crippen LogP contribution in [0.15, 0.2) is 12.1 Å². The van der Waals surface area contributed by atoms with Gasteiger partial charge in [-0.2, -0.15) is 0 Å². The lowest BCUT2D eigenvalue weighted by Gasteiger charge is -2.24. The predicted molar refractivity (Wildman–Crippen MR) is 80.1 cm³/mol. The number of ether oxygens (including phenoxy) is 3. The van der Waals surface area contributed by atoms with Gasteiger partial charge in [0.25, 0.3) is 0 Å². The second-order valence-corrected chi connectivity index (χ2v) is 5.92. The van der Waals surface area contributed by atoms with E-state index in [1.807, 2.05) is 0 Å². The van der Waals surface area contributed by atoms with Gasteiger partial charge >= 0.3 is 5.97 Å². The molecule has 1 aromatic carbocycles. The molecule has 0 aromatic heterocycles. The zero-order valence-electron chi connectivity index (χ0n) is 12.3. The Bertz CT molecular complexity index is 641. The Hall–Kier alpha value is -1.99. The van der Waals surface area contributed by atoms with Gasteiger partial charge in [-0.15, -0.1) is 0 Å². The van der Waals surface area contributed by atoms with Gasteiger partial charge in [-0.25, -0.2) is 4.79 Å². The molecule has 1 saturated heterocycles. The molecule has 124 valence electrons. The van der Waals surface area contributed by atoms with Gasteiger partial charge in [0, 0.05) is 13.0 Å². The van der Waals surface area contributed by atoms with Crippen molar-refractivity contribution in [3.8, 4) is 11.5 Å². The monoisotopic (exact) mass is 341 g/mol. The van der Waals surface area contributed by atoms with Crippen LogP contribution in [0.3, 0.4) is 0 Å². The first-order valence-corrected chi connectivity index (χ1v) is 7.58.